The first-order chi connectivity index (χ1) is 32.5. The van der Waals surface area contributed by atoms with E-state index in [1.165, 1.54) is 65.9 Å². The second kappa shape index (κ2) is 19.2. The van der Waals surface area contributed by atoms with Gasteiger partial charge >= 0.3 is 13.4 Å². The summed E-state index contributed by atoms with van der Waals surface area (Å²) in [6.07, 6.45) is -6.69. The molecule has 14 unspecified atom stereocenters. The summed E-state index contributed by atoms with van der Waals surface area (Å²) >= 11 is 11.0. The highest BCUT2D eigenvalue weighted by atomic mass is 32.5. The predicted molar refractivity (Wildman–Crippen MR) is 238 cm³/mol. The Morgan fingerprint density at radius 1 is 0.618 bits per heavy atom. The number of amides is 1. The molecule has 1 amide bonds. The molecule has 3 fully saturated rings. The molecule has 0 bridgehead atoms. The second-order valence-corrected chi connectivity index (χ2v) is 21.1. The highest BCUT2D eigenvalue weighted by Crippen LogP contribution is 2.54. The second-order valence-electron chi connectivity index (χ2n) is 15.5. The number of hydrogen-bond donors (Lipinski definition) is 8. The van der Waals surface area contributed by atoms with E-state index >= 15 is 0 Å². The molecule has 6 aromatic heterocycles. The van der Waals surface area contributed by atoms with Crippen molar-refractivity contribution in [2.45, 2.75) is 86.5 Å². The van der Waals surface area contributed by atoms with Gasteiger partial charge in [-0.15, -0.1) is 0 Å². The first-order valence-electron chi connectivity index (χ1n) is 20.3. The third-order valence-electron chi connectivity index (χ3n) is 11.4. The molecule has 6 aromatic rings. The zero-order valence-corrected chi connectivity index (χ0v) is 38.9. The van der Waals surface area contributed by atoms with Crippen LogP contribution in [0.1, 0.15) is 31.5 Å². The van der Waals surface area contributed by atoms with E-state index in [1.807, 2.05) is 0 Å². The number of carbonyl (C=O) groups excluding carboxylic acids is 1. The number of aliphatic hydroxyl groups excluding tert-OH is 2. The van der Waals surface area contributed by atoms with Crippen molar-refractivity contribution < 1.29 is 66.6 Å². The molecule has 30 nitrogen and oxygen atoms in total. The Kier molecular flexibility index (Phi) is 13.7. The summed E-state index contributed by atoms with van der Waals surface area (Å²) in [6, 6.07) is 0. The Labute approximate surface area is 392 Å². The Morgan fingerprint density at radius 3 is 1.46 bits per heavy atom. The fourth-order valence-electron chi connectivity index (χ4n) is 8.28. The number of imidazole rings is 3. The topological polar surface area (TPSA) is 416 Å². The zero-order chi connectivity index (χ0) is 48.2. The van der Waals surface area contributed by atoms with Gasteiger partial charge in [-0.05, 0) is 30.0 Å². The Hall–Kier alpha value is -4.70. The van der Waals surface area contributed by atoms with Gasteiger partial charge in [0.15, 0.2) is 53.1 Å². The number of ether oxygens (including phenoxy) is 5. The van der Waals surface area contributed by atoms with Crippen LogP contribution < -0.4 is 22.9 Å². The summed E-state index contributed by atoms with van der Waals surface area (Å²) in [4.78, 5) is 72.6. The summed E-state index contributed by atoms with van der Waals surface area (Å²) in [5.41, 5.74) is 24.9. The molecule has 3 aliphatic heterocycles. The van der Waals surface area contributed by atoms with E-state index in [1.54, 1.807) is 0 Å². The average Bonchev–Trinajstić information content (AvgIpc) is 4.16. The van der Waals surface area contributed by atoms with Crippen molar-refractivity contribution in [3.63, 3.8) is 0 Å². The van der Waals surface area contributed by atoms with Gasteiger partial charge in [-0.3, -0.25) is 27.5 Å². The minimum Gasteiger partial charge on any atom is -0.387 e. The minimum absolute atomic E-state index is 0.0522. The summed E-state index contributed by atoms with van der Waals surface area (Å²) in [6.45, 7) is -9.76. The van der Waals surface area contributed by atoms with Crippen molar-refractivity contribution in [2.75, 3.05) is 44.6 Å². The number of rotatable bonds is 18. The van der Waals surface area contributed by atoms with Crippen molar-refractivity contribution in [3.8, 4) is 0 Å². The van der Waals surface area contributed by atoms with Crippen LogP contribution in [0.15, 0.2) is 38.0 Å². The molecular weight excluding hydrogens is 983 g/mol. The quantitative estimate of drug-likeness (QED) is 0.0440. The molecule has 0 aliphatic carbocycles. The number of aromatic nitrogens is 12. The van der Waals surface area contributed by atoms with E-state index in [2.05, 4.69) is 44.9 Å². The number of anilines is 3. The fraction of sp³-hybridized carbons (Fsp3) is 0.529. The molecule has 0 spiro atoms. The van der Waals surface area contributed by atoms with Gasteiger partial charge in [-0.1, -0.05) is 0 Å². The molecule has 3 aliphatic rings. The van der Waals surface area contributed by atoms with Crippen LogP contribution in [0, 0.1) is 0 Å². The monoisotopic (exact) mass is 1030 g/mol. The van der Waals surface area contributed by atoms with Crippen LogP contribution in [0.25, 0.3) is 33.5 Å². The maximum Gasteiger partial charge on any atom is 0.325 e. The number of methoxy groups -OCH3 is 2. The van der Waals surface area contributed by atoms with Crippen LogP contribution in [0.2, 0.25) is 0 Å². The molecular formula is C34H44N16O14P2S2. The first-order valence-corrected chi connectivity index (χ1v) is 25.4. The average molecular weight is 1030 g/mol. The lowest BCUT2D eigenvalue weighted by Gasteiger charge is -2.29. The van der Waals surface area contributed by atoms with E-state index < -0.39 is 106 Å². The van der Waals surface area contributed by atoms with Crippen molar-refractivity contribution in [2.24, 2.45) is 5.73 Å². The largest absolute Gasteiger partial charge is 0.387 e. The molecule has 14 atom stereocenters. The van der Waals surface area contributed by atoms with E-state index in [-0.39, 0.29) is 63.8 Å². The van der Waals surface area contributed by atoms with E-state index in [4.69, 9.17) is 88.3 Å². The third kappa shape index (κ3) is 9.24. The lowest BCUT2D eigenvalue weighted by molar-refractivity contribution is -0.119. The third-order valence-corrected chi connectivity index (χ3v) is 14.5. The molecule has 0 saturated carbocycles. The predicted octanol–water partition coefficient (Wildman–Crippen LogP) is -1.80. The molecule has 9 heterocycles. The standard InChI is InChI=1S/C34H44N16O14P2S2/c1-56-22-13(3-4-16(35)51)60-33(49-11-46-18-27(37)40-8-43-30(18)49)24(22)63-66(55,68)59-6-15-23(57-2)25(34(62-15)50-12-47-19-28(38)41-9-44-31(19)50)64-65(54,67)58-5-14-20(52)21(53)32(61-14)48-10-45-17-26(36)39-7-42-29(17)48/h7-15,20-25,32-34,52-53H,3-6H2,1-2H3,(H2,35,51)(H,54,67)(H,55,68)(H2,36,39,42)(H2,37,40,43)(H2,38,41,44). The number of primary amides is 1. The highest BCUT2D eigenvalue weighted by Gasteiger charge is 2.53. The summed E-state index contributed by atoms with van der Waals surface area (Å²) in [7, 11) is 2.71. The maximum atomic E-state index is 11.8. The summed E-state index contributed by atoms with van der Waals surface area (Å²) in [5, 5.41) is 22.0. The summed E-state index contributed by atoms with van der Waals surface area (Å²) in [5.74, 6) is -0.343. The summed E-state index contributed by atoms with van der Waals surface area (Å²) < 4.78 is 58.7. The van der Waals surface area contributed by atoms with Crippen LogP contribution >= 0.6 is 13.4 Å². The molecule has 0 aromatic carbocycles. The van der Waals surface area contributed by atoms with Crippen LogP contribution in [0.3, 0.4) is 0 Å². The van der Waals surface area contributed by atoms with Crippen molar-refractivity contribution >= 4 is 93.9 Å². The van der Waals surface area contributed by atoms with Gasteiger partial charge in [-0.2, -0.15) is 0 Å². The van der Waals surface area contributed by atoms with E-state index in [0.717, 1.165) is 0 Å². The maximum absolute atomic E-state index is 11.8. The van der Waals surface area contributed by atoms with Gasteiger partial charge in [-0.25, -0.2) is 44.9 Å². The molecule has 68 heavy (non-hydrogen) atoms. The van der Waals surface area contributed by atoms with Crippen molar-refractivity contribution in [1.82, 2.24) is 58.6 Å². The zero-order valence-electron chi connectivity index (χ0n) is 35.5. The first kappa shape index (κ1) is 48.3. The van der Waals surface area contributed by atoms with Gasteiger partial charge in [0.1, 0.15) is 84.4 Å². The number of nitrogens with two attached hydrogens (primary N) is 4. The van der Waals surface area contributed by atoms with Gasteiger partial charge in [0.2, 0.25) is 5.91 Å². The van der Waals surface area contributed by atoms with E-state index in [9.17, 15) is 24.8 Å². The molecule has 3 saturated heterocycles. The van der Waals surface area contributed by atoms with Crippen LogP contribution in [0.4, 0.5) is 17.5 Å². The Bertz CT molecular complexity index is 2920. The minimum atomic E-state index is -4.36. The van der Waals surface area contributed by atoms with Crippen LogP contribution in [-0.2, 0) is 70.2 Å². The van der Waals surface area contributed by atoms with Gasteiger partial charge < -0.3 is 75.7 Å². The Balaban J connectivity index is 0.938. The lowest BCUT2D eigenvalue weighted by Crippen LogP contribution is -2.38. The molecule has 12 N–H and O–H groups in total. The molecule has 366 valence electrons. The van der Waals surface area contributed by atoms with E-state index in [0.29, 0.717) is 0 Å². The van der Waals surface area contributed by atoms with Gasteiger partial charge in [0, 0.05) is 20.6 Å². The normalized spacial score (nSPS) is 30.4. The number of nitrogen functional groups attached to an aromatic ring is 3. The number of hydrogen-bond acceptors (Lipinski definition) is 26. The number of aliphatic hydroxyl groups is 2. The number of fused-ring (bicyclic) bond motifs is 3. The van der Waals surface area contributed by atoms with Gasteiger partial charge in [0.05, 0.1) is 38.3 Å². The highest BCUT2D eigenvalue weighted by molar-refractivity contribution is 8.07. The smallest absolute Gasteiger partial charge is 0.325 e. The van der Waals surface area contributed by atoms with Crippen LogP contribution in [0.5, 0.6) is 0 Å². The molecule has 34 heteroatoms. The van der Waals surface area contributed by atoms with Crippen molar-refractivity contribution in [3.05, 3.63) is 38.0 Å². The number of carbonyl (C=O) groups is 1. The number of nitrogens with zero attached hydrogens (tertiary/aromatic N) is 12. The SMILES string of the molecule is COC1C(CCC(N)=O)OC(n2cnc3c(N)ncnc32)C1OP(O)(=S)OCC1OC(n2cnc3c(N)ncnc32)C(OP(O)(=S)OCC2OC(n3cnc4c(N)ncnc43)C(O)C2O)C1OC. The van der Waals surface area contributed by atoms with Gasteiger partial charge in [0.25, 0.3) is 0 Å². The lowest BCUT2D eigenvalue weighted by atomic mass is 10.1. The van der Waals surface area contributed by atoms with Crippen LogP contribution in [-0.4, -0.2) is 167 Å². The molecule has 9 rings (SSSR count). The fourth-order valence-corrected chi connectivity index (χ4v) is 11.1. The van der Waals surface area contributed by atoms with Crippen molar-refractivity contribution in [1.29, 1.82) is 0 Å². The Morgan fingerprint density at radius 2 is 1.01 bits per heavy atom. The molecule has 0 radical (unpaired) electrons.